The van der Waals surface area contributed by atoms with E-state index in [2.05, 4.69) is 23.8 Å². The van der Waals surface area contributed by atoms with Crippen molar-refractivity contribution in [2.75, 3.05) is 33.2 Å². The summed E-state index contributed by atoms with van der Waals surface area (Å²) in [6.45, 7) is 9.11. The smallest absolute Gasteiger partial charge is 0.0113 e. The molecule has 0 bridgehead atoms. The largest absolute Gasteiger partial charge is 0.304 e. The van der Waals surface area contributed by atoms with Gasteiger partial charge in [-0.3, -0.25) is 4.90 Å². The first-order chi connectivity index (χ1) is 6.79. The summed E-state index contributed by atoms with van der Waals surface area (Å²) in [5, 5.41) is 0. The van der Waals surface area contributed by atoms with E-state index in [0.717, 1.165) is 18.4 Å². The molecule has 2 atom stereocenters. The number of hydrogen-bond donors (Lipinski definition) is 0. The maximum absolute atomic E-state index is 4.03. The monoisotopic (exact) mass is 195 g/mol. The highest BCUT2D eigenvalue weighted by Crippen LogP contribution is 2.31. The molecule has 14 heavy (non-hydrogen) atoms. The fraction of sp³-hybridized carbons (Fsp3) is 0.917. The summed E-state index contributed by atoms with van der Waals surface area (Å²) >= 11 is 0. The molecule has 2 rings (SSSR count). The topological polar surface area (TPSA) is 6.48 Å². The van der Waals surface area contributed by atoms with Crippen LogP contribution < -0.4 is 0 Å². The van der Waals surface area contributed by atoms with Gasteiger partial charge in [-0.25, -0.2) is 0 Å². The summed E-state index contributed by atoms with van der Waals surface area (Å²) in [6, 6.07) is 0.885. The van der Waals surface area contributed by atoms with Gasteiger partial charge in [0.15, 0.2) is 0 Å². The van der Waals surface area contributed by atoms with Crippen LogP contribution in [-0.4, -0.2) is 49.1 Å². The highest BCUT2D eigenvalue weighted by Gasteiger charge is 2.29. The number of likely N-dealkylation sites (N-methyl/N-ethyl adjacent to an activating group) is 1. The number of piperazine rings is 1. The Morgan fingerprint density at radius 2 is 1.86 bits per heavy atom. The molecule has 0 spiro atoms. The van der Waals surface area contributed by atoms with Crippen LogP contribution in [0, 0.1) is 12.8 Å². The molecule has 2 aliphatic rings. The van der Waals surface area contributed by atoms with Gasteiger partial charge in [0.25, 0.3) is 0 Å². The van der Waals surface area contributed by atoms with E-state index < -0.39 is 0 Å². The second-order valence-corrected chi connectivity index (χ2v) is 4.96. The molecule has 2 fully saturated rings. The van der Waals surface area contributed by atoms with Crippen molar-refractivity contribution in [2.45, 2.75) is 31.7 Å². The Kier molecular flexibility index (Phi) is 3.45. The molecule has 2 nitrogen and oxygen atoms in total. The van der Waals surface area contributed by atoms with Gasteiger partial charge in [-0.1, -0.05) is 13.3 Å². The van der Waals surface area contributed by atoms with Crippen molar-refractivity contribution < 1.29 is 0 Å². The quantitative estimate of drug-likeness (QED) is 0.661. The predicted molar refractivity (Wildman–Crippen MR) is 60.2 cm³/mol. The lowest BCUT2D eigenvalue weighted by Crippen LogP contribution is -2.48. The minimum Gasteiger partial charge on any atom is -0.304 e. The summed E-state index contributed by atoms with van der Waals surface area (Å²) in [5.74, 6) is 0.916. The molecule has 0 aromatic carbocycles. The highest BCUT2D eigenvalue weighted by atomic mass is 15.3. The zero-order valence-corrected chi connectivity index (χ0v) is 9.41. The fourth-order valence-corrected chi connectivity index (χ4v) is 2.83. The molecule has 1 radical (unpaired) electrons. The van der Waals surface area contributed by atoms with Crippen molar-refractivity contribution in [3.05, 3.63) is 6.92 Å². The normalized spacial score (nSPS) is 36.4. The fourth-order valence-electron chi connectivity index (χ4n) is 2.83. The van der Waals surface area contributed by atoms with Crippen molar-refractivity contribution in [1.82, 2.24) is 9.80 Å². The lowest BCUT2D eigenvalue weighted by atomic mass is 10.1. The lowest BCUT2D eigenvalue weighted by molar-refractivity contribution is 0.112. The van der Waals surface area contributed by atoms with Gasteiger partial charge in [0.2, 0.25) is 0 Å². The van der Waals surface area contributed by atoms with Crippen LogP contribution in [0.5, 0.6) is 0 Å². The van der Waals surface area contributed by atoms with E-state index in [1.807, 2.05) is 0 Å². The van der Waals surface area contributed by atoms with Crippen molar-refractivity contribution in [1.29, 1.82) is 0 Å². The molecule has 0 aromatic heterocycles. The molecule has 1 aliphatic heterocycles. The van der Waals surface area contributed by atoms with E-state index in [1.54, 1.807) is 0 Å². The van der Waals surface area contributed by atoms with Gasteiger partial charge in [0.1, 0.15) is 0 Å². The summed E-state index contributed by atoms with van der Waals surface area (Å²) in [6.07, 6.45) is 5.39. The van der Waals surface area contributed by atoms with E-state index >= 15 is 0 Å². The van der Waals surface area contributed by atoms with E-state index in [9.17, 15) is 0 Å². The average molecular weight is 195 g/mol. The maximum Gasteiger partial charge on any atom is 0.0113 e. The Hall–Kier alpha value is -0.0800. The van der Waals surface area contributed by atoms with E-state index in [-0.39, 0.29) is 0 Å². The van der Waals surface area contributed by atoms with Crippen LogP contribution >= 0.6 is 0 Å². The summed E-state index contributed by atoms with van der Waals surface area (Å²) < 4.78 is 0. The van der Waals surface area contributed by atoms with E-state index in [4.69, 9.17) is 0 Å². The van der Waals surface area contributed by atoms with Crippen molar-refractivity contribution in [3.8, 4) is 0 Å². The number of rotatable bonds is 2. The van der Waals surface area contributed by atoms with Crippen molar-refractivity contribution in [3.63, 3.8) is 0 Å². The molecule has 0 N–H and O–H groups in total. The van der Waals surface area contributed by atoms with Gasteiger partial charge < -0.3 is 4.90 Å². The van der Waals surface area contributed by atoms with Gasteiger partial charge in [-0.2, -0.15) is 0 Å². The molecule has 1 saturated carbocycles. The van der Waals surface area contributed by atoms with Crippen LogP contribution in [0.4, 0.5) is 0 Å². The molecular weight excluding hydrogens is 172 g/mol. The van der Waals surface area contributed by atoms with Gasteiger partial charge in [0.05, 0.1) is 0 Å². The van der Waals surface area contributed by atoms with Crippen LogP contribution in [0.25, 0.3) is 0 Å². The van der Waals surface area contributed by atoms with Crippen LogP contribution in [0.3, 0.4) is 0 Å². The number of nitrogens with zero attached hydrogens (tertiary/aromatic N) is 2. The average Bonchev–Trinajstić information content (AvgIpc) is 2.67. The van der Waals surface area contributed by atoms with Crippen LogP contribution in [0.1, 0.15) is 25.7 Å². The van der Waals surface area contributed by atoms with Crippen LogP contribution in [0.15, 0.2) is 0 Å². The maximum atomic E-state index is 4.03. The van der Waals surface area contributed by atoms with Crippen LogP contribution in [-0.2, 0) is 0 Å². The highest BCUT2D eigenvalue weighted by molar-refractivity contribution is 4.85. The first kappa shape index (κ1) is 10.4. The lowest BCUT2D eigenvalue weighted by Gasteiger charge is -2.36. The summed E-state index contributed by atoms with van der Waals surface area (Å²) in [4.78, 5) is 5.14. The van der Waals surface area contributed by atoms with Crippen molar-refractivity contribution >= 4 is 0 Å². The minimum absolute atomic E-state index is 0.885. The zero-order chi connectivity index (χ0) is 9.97. The Morgan fingerprint density at radius 3 is 2.43 bits per heavy atom. The molecule has 2 heteroatoms. The Bertz CT molecular complexity index is 173. The van der Waals surface area contributed by atoms with Crippen molar-refractivity contribution in [2.24, 2.45) is 5.92 Å². The second kappa shape index (κ2) is 4.63. The van der Waals surface area contributed by atoms with E-state index in [0.29, 0.717) is 0 Å². The third-order valence-corrected chi connectivity index (χ3v) is 3.98. The Labute approximate surface area is 88.3 Å². The third kappa shape index (κ3) is 2.29. The molecule has 1 heterocycles. The van der Waals surface area contributed by atoms with Gasteiger partial charge in [-0.15, -0.1) is 0 Å². The van der Waals surface area contributed by atoms with E-state index in [1.165, 1.54) is 45.4 Å². The first-order valence-electron chi connectivity index (χ1n) is 6.01. The molecule has 81 valence electrons. The first-order valence-corrected chi connectivity index (χ1v) is 6.01. The Balaban J connectivity index is 1.79. The van der Waals surface area contributed by atoms with Gasteiger partial charge in [0, 0.05) is 32.2 Å². The Morgan fingerprint density at radius 1 is 1.14 bits per heavy atom. The molecule has 1 saturated heterocycles. The predicted octanol–water partition coefficient (Wildman–Crippen LogP) is 1.63. The summed E-state index contributed by atoms with van der Waals surface area (Å²) in [7, 11) is 2.23. The minimum atomic E-state index is 0.885. The second-order valence-electron chi connectivity index (χ2n) is 4.96. The zero-order valence-electron chi connectivity index (χ0n) is 9.41. The molecule has 1 aliphatic carbocycles. The standard InChI is InChI=1S/C12H23N2/c1-3-11-4-5-12(10-11)14-8-6-13(2)7-9-14/h11-12H,1,3-10H2,2H3. The molecular formula is C12H23N2. The van der Waals surface area contributed by atoms with Crippen LogP contribution in [0.2, 0.25) is 0 Å². The van der Waals surface area contributed by atoms with Gasteiger partial charge in [-0.05, 0) is 32.2 Å². The number of hydrogen-bond acceptors (Lipinski definition) is 2. The molecule has 0 amide bonds. The SMILES string of the molecule is [CH2]CC1CCC(N2CCN(C)CC2)C1. The molecule has 2 unspecified atom stereocenters. The molecule has 0 aromatic rings. The summed E-state index contributed by atoms with van der Waals surface area (Å²) in [5.41, 5.74) is 0. The van der Waals surface area contributed by atoms with Gasteiger partial charge >= 0.3 is 0 Å². The third-order valence-electron chi connectivity index (χ3n) is 3.98.